The monoisotopic (exact) mass is 328 g/mol. The van der Waals surface area contributed by atoms with Crippen molar-refractivity contribution in [3.63, 3.8) is 0 Å². The minimum atomic E-state index is -4.42. The van der Waals surface area contributed by atoms with Crippen molar-refractivity contribution in [2.45, 2.75) is 78.6 Å². The van der Waals surface area contributed by atoms with Gasteiger partial charge >= 0.3 is 135 Å². The summed E-state index contributed by atoms with van der Waals surface area (Å²) >= 11 is 0. The van der Waals surface area contributed by atoms with E-state index in [1.807, 2.05) is 53.7 Å². The minimum absolute atomic E-state index is 0.0525. The summed E-state index contributed by atoms with van der Waals surface area (Å²) in [7, 11) is -4.42. The van der Waals surface area contributed by atoms with E-state index in [-0.39, 0.29) is 16.2 Å². The summed E-state index contributed by atoms with van der Waals surface area (Å²) in [5.74, 6) is 0. The van der Waals surface area contributed by atoms with Crippen molar-refractivity contribution in [3.05, 3.63) is 28.8 Å². The van der Waals surface area contributed by atoms with Crippen LogP contribution in [0.4, 0.5) is 0 Å². The second kappa shape index (κ2) is 5.56. The van der Waals surface area contributed by atoms with Crippen molar-refractivity contribution in [1.82, 2.24) is 0 Å². The molecular weight excluding hydrogens is 295 g/mol. The third kappa shape index (κ3) is 4.29. The second-order valence-corrected chi connectivity index (χ2v) is 11.1. The van der Waals surface area contributed by atoms with Crippen LogP contribution in [0.5, 0.6) is 0 Å². The summed E-state index contributed by atoms with van der Waals surface area (Å²) in [5.41, 5.74) is 2.16. The molecule has 1 aromatic rings. The van der Waals surface area contributed by atoms with Gasteiger partial charge in [0.2, 0.25) is 0 Å². The molecule has 0 spiro atoms. The number of rotatable bonds is 1. The van der Waals surface area contributed by atoms with Gasteiger partial charge in [0.15, 0.2) is 0 Å². The quantitative estimate of drug-likeness (QED) is 0.689. The molecule has 0 aliphatic heterocycles. The van der Waals surface area contributed by atoms with E-state index in [1.165, 1.54) is 0 Å². The first kappa shape index (κ1) is 19.6. The zero-order valence-electron chi connectivity index (χ0n) is 15.5. The Balaban J connectivity index is 3.96. The molecule has 0 aromatic heterocycles. The van der Waals surface area contributed by atoms with Crippen LogP contribution in [0.15, 0.2) is 12.1 Å². The molecule has 0 saturated heterocycles. The Labute approximate surface area is 136 Å². The molecule has 3 N–H and O–H groups in total. The average Bonchev–Trinajstić information content (AvgIpc) is 2.22. The number of hydrogen-bond donors (Lipinski definition) is 3. The van der Waals surface area contributed by atoms with Gasteiger partial charge in [-0.2, -0.15) is 0 Å². The molecule has 0 saturated carbocycles. The van der Waals surface area contributed by atoms with E-state index in [1.54, 1.807) is 0 Å². The van der Waals surface area contributed by atoms with Crippen molar-refractivity contribution in [1.29, 1.82) is 0 Å². The summed E-state index contributed by atoms with van der Waals surface area (Å²) in [6.07, 6.45) is 0. The Morgan fingerprint density at radius 2 is 0.955 bits per heavy atom. The van der Waals surface area contributed by atoms with Crippen molar-refractivity contribution >= 4 is 13.2 Å². The van der Waals surface area contributed by atoms with Crippen LogP contribution >= 0.6 is 7.94 Å². The SMILES string of the molecule is CC(C)(C)c1cc(C(C)(C)C)c([PH](O)(O)O)c(C(C)(C)C)c1. The molecule has 128 valence electrons. The van der Waals surface area contributed by atoms with Crippen LogP contribution in [0.25, 0.3) is 0 Å². The Hall–Kier alpha value is -0.470. The molecule has 0 atom stereocenters. The zero-order valence-corrected chi connectivity index (χ0v) is 16.5. The van der Waals surface area contributed by atoms with Gasteiger partial charge in [-0.25, -0.2) is 0 Å². The van der Waals surface area contributed by atoms with Crippen LogP contribution in [0.2, 0.25) is 0 Å². The fourth-order valence-electron chi connectivity index (χ4n) is 2.62. The molecule has 4 heteroatoms. The zero-order chi connectivity index (χ0) is 17.7. The van der Waals surface area contributed by atoms with Gasteiger partial charge < -0.3 is 0 Å². The third-order valence-corrected chi connectivity index (χ3v) is 5.17. The maximum atomic E-state index is 10.1. The fraction of sp³-hybridized carbons (Fsp3) is 0.667. The van der Waals surface area contributed by atoms with E-state index in [0.717, 1.165) is 16.7 Å². The first-order valence-electron chi connectivity index (χ1n) is 7.83. The Morgan fingerprint density at radius 3 is 1.14 bits per heavy atom. The third-order valence-electron chi connectivity index (χ3n) is 3.96. The number of benzene rings is 1. The molecule has 0 unspecified atom stereocenters. The normalized spacial score (nSPS) is 15.1. The van der Waals surface area contributed by atoms with Gasteiger partial charge in [-0.3, -0.25) is 0 Å². The van der Waals surface area contributed by atoms with E-state index in [9.17, 15) is 14.7 Å². The molecule has 1 aromatic carbocycles. The molecule has 0 bridgehead atoms. The molecule has 0 radical (unpaired) electrons. The molecule has 1 rings (SSSR count). The van der Waals surface area contributed by atoms with Crippen molar-refractivity contribution in [2.24, 2.45) is 0 Å². The predicted octanol–water partition coefficient (Wildman–Crippen LogP) is 3.68. The molecule has 0 aliphatic rings. The summed E-state index contributed by atoms with van der Waals surface area (Å²) in [6.45, 7) is 18.6. The van der Waals surface area contributed by atoms with Gasteiger partial charge in [-0.1, -0.05) is 0 Å². The van der Waals surface area contributed by atoms with Crippen molar-refractivity contribution in [3.8, 4) is 0 Å². The fourth-order valence-corrected chi connectivity index (χ4v) is 4.24. The van der Waals surface area contributed by atoms with E-state index >= 15 is 0 Å². The molecule has 22 heavy (non-hydrogen) atoms. The standard InChI is InChI=1S/C18H33O3P/c1-16(2,3)12-10-13(17(4,5)6)15(22(19,20)21)14(11-12)18(7,8)9/h10-11,19-22H,1-9H3. The van der Waals surface area contributed by atoms with Gasteiger partial charge in [0, 0.05) is 0 Å². The van der Waals surface area contributed by atoms with Crippen molar-refractivity contribution < 1.29 is 14.7 Å². The van der Waals surface area contributed by atoms with E-state index < -0.39 is 7.94 Å². The molecular formula is C18H33O3P. The molecule has 0 heterocycles. The Bertz CT molecular complexity index is 515. The van der Waals surface area contributed by atoms with E-state index in [0.29, 0.717) is 5.30 Å². The first-order chi connectivity index (χ1) is 9.45. The van der Waals surface area contributed by atoms with Crippen LogP contribution in [-0.2, 0) is 16.2 Å². The Morgan fingerprint density at radius 1 is 0.636 bits per heavy atom. The van der Waals surface area contributed by atoms with E-state index in [4.69, 9.17) is 0 Å². The Kier molecular flexibility index (Phi) is 4.95. The number of hydrogen-bond acceptors (Lipinski definition) is 3. The topological polar surface area (TPSA) is 60.7 Å². The summed E-state index contributed by atoms with van der Waals surface area (Å²) in [5, 5.41) is 0.348. The van der Waals surface area contributed by atoms with Gasteiger partial charge in [-0.15, -0.1) is 0 Å². The van der Waals surface area contributed by atoms with Crippen LogP contribution in [0.3, 0.4) is 0 Å². The van der Waals surface area contributed by atoms with Crippen LogP contribution in [0.1, 0.15) is 79.0 Å². The maximum absolute atomic E-state index is 10.1. The predicted molar refractivity (Wildman–Crippen MR) is 97.1 cm³/mol. The molecule has 0 aliphatic carbocycles. The second-order valence-electron chi connectivity index (χ2n) is 9.33. The molecule has 0 amide bonds. The van der Waals surface area contributed by atoms with Crippen molar-refractivity contribution in [2.75, 3.05) is 0 Å². The summed E-state index contributed by atoms with van der Waals surface area (Å²) in [6, 6.07) is 4.05. The van der Waals surface area contributed by atoms with E-state index in [2.05, 4.69) is 20.8 Å². The van der Waals surface area contributed by atoms with Gasteiger partial charge in [0.25, 0.3) is 0 Å². The van der Waals surface area contributed by atoms with Crippen LogP contribution < -0.4 is 5.30 Å². The van der Waals surface area contributed by atoms with Gasteiger partial charge in [0.1, 0.15) is 0 Å². The first-order valence-corrected chi connectivity index (χ1v) is 9.67. The van der Waals surface area contributed by atoms with Crippen LogP contribution in [0, 0.1) is 0 Å². The van der Waals surface area contributed by atoms with Crippen LogP contribution in [-0.4, -0.2) is 14.7 Å². The molecule has 0 fully saturated rings. The average molecular weight is 328 g/mol. The molecule has 3 nitrogen and oxygen atoms in total. The van der Waals surface area contributed by atoms with Gasteiger partial charge in [-0.05, 0) is 0 Å². The summed E-state index contributed by atoms with van der Waals surface area (Å²) in [4.78, 5) is 30.4. The van der Waals surface area contributed by atoms with Gasteiger partial charge in [0.05, 0.1) is 0 Å². The summed E-state index contributed by atoms with van der Waals surface area (Å²) < 4.78 is 0.